The molecule has 25 heavy (non-hydrogen) atoms. The first-order valence-electron chi connectivity index (χ1n) is 8.09. The molecule has 0 atom stereocenters. The Bertz CT molecular complexity index is 968. The quantitative estimate of drug-likeness (QED) is 0.642. The summed E-state index contributed by atoms with van der Waals surface area (Å²) < 4.78 is 24.8. The molecule has 0 N–H and O–H groups in total. The number of nitrogens with zero attached hydrogens (tertiary/aromatic N) is 1. The van der Waals surface area contributed by atoms with Crippen molar-refractivity contribution >= 4 is 32.2 Å². The zero-order valence-electron chi connectivity index (χ0n) is 14.0. The Morgan fingerprint density at radius 2 is 1.60 bits per heavy atom. The van der Waals surface area contributed by atoms with E-state index in [4.69, 9.17) is 11.6 Å². The smallest absolute Gasteiger partial charge is 0.179 e. The van der Waals surface area contributed by atoms with Crippen LogP contribution in [-0.4, -0.2) is 32.7 Å². The van der Waals surface area contributed by atoms with Gasteiger partial charge in [0.05, 0.1) is 10.6 Å². The number of hydrogen-bond donors (Lipinski definition) is 0. The molecule has 0 saturated heterocycles. The molecule has 0 aromatic heterocycles. The molecule has 3 aromatic rings. The van der Waals surface area contributed by atoms with Crippen molar-refractivity contribution in [3.8, 4) is 0 Å². The number of sulfone groups is 1. The van der Waals surface area contributed by atoms with Crippen molar-refractivity contribution < 1.29 is 8.42 Å². The van der Waals surface area contributed by atoms with Gasteiger partial charge in [-0.05, 0) is 53.7 Å². The minimum Gasteiger partial charge on any atom is -0.301 e. The van der Waals surface area contributed by atoms with E-state index in [1.807, 2.05) is 24.1 Å². The van der Waals surface area contributed by atoms with Crippen molar-refractivity contribution in [2.24, 2.45) is 0 Å². The third kappa shape index (κ3) is 4.60. The van der Waals surface area contributed by atoms with Gasteiger partial charge in [-0.3, -0.25) is 0 Å². The third-order valence-corrected chi connectivity index (χ3v) is 6.14. The van der Waals surface area contributed by atoms with Gasteiger partial charge in [-0.1, -0.05) is 48.0 Å². The maximum Gasteiger partial charge on any atom is 0.179 e. The minimum atomic E-state index is -3.30. The zero-order chi connectivity index (χ0) is 17.9. The molecule has 0 bridgehead atoms. The molecule has 0 fully saturated rings. The van der Waals surface area contributed by atoms with Gasteiger partial charge in [0.15, 0.2) is 9.84 Å². The molecule has 0 heterocycles. The van der Waals surface area contributed by atoms with Gasteiger partial charge in [-0.15, -0.1) is 0 Å². The summed E-state index contributed by atoms with van der Waals surface area (Å²) in [5.74, 6) is 0.0821. The number of rotatable bonds is 6. The van der Waals surface area contributed by atoms with E-state index in [1.54, 1.807) is 24.3 Å². The van der Waals surface area contributed by atoms with Crippen LogP contribution >= 0.6 is 11.6 Å². The van der Waals surface area contributed by atoms with E-state index < -0.39 is 9.84 Å². The molecule has 3 aromatic carbocycles. The number of fused-ring (bicyclic) bond motifs is 1. The summed E-state index contributed by atoms with van der Waals surface area (Å²) >= 11 is 5.82. The van der Waals surface area contributed by atoms with Crippen LogP contribution in [-0.2, 0) is 16.4 Å². The normalized spacial score (nSPS) is 12.0. The largest absolute Gasteiger partial charge is 0.301 e. The van der Waals surface area contributed by atoms with Crippen LogP contribution in [0.5, 0.6) is 0 Å². The standard InChI is InChI=1S/C20H20ClNO2S/c1-22(12-13-25(23,24)20-10-8-19(21)9-11-20)15-16-6-7-17-4-2-3-5-18(17)14-16/h2-11,14H,12-13,15H2,1H3. The van der Waals surface area contributed by atoms with E-state index in [9.17, 15) is 8.42 Å². The van der Waals surface area contributed by atoms with Crippen LogP contribution in [0, 0.1) is 0 Å². The molecule has 0 radical (unpaired) electrons. The van der Waals surface area contributed by atoms with E-state index >= 15 is 0 Å². The number of halogens is 1. The predicted octanol–water partition coefficient (Wildman–Crippen LogP) is 4.40. The fourth-order valence-corrected chi connectivity index (χ4v) is 4.23. The van der Waals surface area contributed by atoms with Crippen LogP contribution < -0.4 is 0 Å². The van der Waals surface area contributed by atoms with Gasteiger partial charge < -0.3 is 4.90 Å². The van der Waals surface area contributed by atoms with Crippen LogP contribution in [0.2, 0.25) is 5.02 Å². The van der Waals surface area contributed by atoms with E-state index in [-0.39, 0.29) is 5.75 Å². The molecule has 3 nitrogen and oxygen atoms in total. The highest BCUT2D eigenvalue weighted by atomic mass is 35.5. The van der Waals surface area contributed by atoms with Crippen molar-refractivity contribution in [2.45, 2.75) is 11.4 Å². The number of benzene rings is 3. The lowest BCUT2D eigenvalue weighted by Gasteiger charge is -2.17. The zero-order valence-corrected chi connectivity index (χ0v) is 15.6. The average Bonchev–Trinajstić information content (AvgIpc) is 2.60. The van der Waals surface area contributed by atoms with Gasteiger partial charge in [0.1, 0.15) is 0 Å². The summed E-state index contributed by atoms with van der Waals surface area (Å²) in [5.41, 5.74) is 1.17. The Morgan fingerprint density at radius 1 is 0.920 bits per heavy atom. The summed E-state index contributed by atoms with van der Waals surface area (Å²) in [4.78, 5) is 2.34. The van der Waals surface area contributed by atoms with Gasteiger partial charge in [0, 0.05) is 18.1 Å². The number of hydrogen-bond acceptors (Lipinski definition) is 3. The summed E-state index contributed by atoms with van der Waals surface area (Å²) in [6.45, 7) is 1.18. The summed E-state index contributed by atoms with van der Waals surface area (Å²) in [6, 6.07) is 20.9. The van der Waals surface area contributed by atoms with E-state index in [0.717, 1.165) is 0 Å². The molecular weight excluding hydrogens is 354 g/mol. The lowest BCUT2D eigenvalue weighted by molar-refractivity contribution is 0.346. The molecule has 0 aliphatic carbocycles. The molecule has 0 saturated carbocycles. The monoisotopic (exact) mass is 373 g/mol. The van der Waals surface area contributed by atoms with Crippen LogP contribution in [0.4, 0.5) is 0 Å². The van der Waals surface area contributed by atoms with Gasteiger partial charge >= 0.3 is 0 Å². The van der Waals surface area contributed by atoms with Crippen molar-refractivity contribution in [1.29, 1.82) is 0 Å². The first kappa shape index (κ1) is 17.9. The molecule has 130 valence electrons. The van der Waals surface area contributed by atoms with Gasteiger partial charge in [-0.2, -0.15) is 0 Å². The predicted molar refractivity (Wildman–Crippen MR) is 104 cm³/mol. The Morgan fingerprint density at radius 3 is 2.32 bits per heavy atom. The highest BCUT2D eigenvalue weighted by Gasteiger charge is 2.15. The summed E-state index contributed by atoms with van der Waals surface area (Å²) in [6.07, 6.45) is 0. The van der Waals surface area contributed by atoms with Crippen LogP contribution in [0.15, 0.2) is 71.6 Å². The van der Waals surface area contributed by atoms with Crippen molar-refractivity contribution in [3.05, 3.63) is 77.3 Å². The highest BCUT2D eigenvalue weighted by molar-refractivity contribution is 7.91. The van der Waals surface area contributed by atoms with E-state index in [1.165, 1.54) is 16.3 Å². The second kappa shape index (κ2) is 7.56. The second-order valence-corrected chi connectivity index (χ2v) is 8.74. The Kier molecular flexibility index (Phi) is 5.42. The highest BCUT2D eigenvalue weighted by Crippen LogP contribution is 2.18. The molecule has 0 amide bonds. The summed E-state index contributed by atoms with van der Waals surface area (Å²) in [7, 11) is -1.36. The Hall–Kier alpha value is -1.88. The maximum atomic E-state index is 12.4. The Balaban J connectivity index is 1.63. The molecule has 0 spiro atoms. The molecule has 0 aliphatic rings. The van der Waals surface area contributed by atoms with Gasteiger partial charge in [-0.25, -0.2) is 8.42 Å². The van der Waals surface area contributed by atoms with Crippen LogP contribution in [0.1, 0.15) is 5.56 Å². The van der Waals surface area contributed by atoms with Crippen LogP contribution in [0.3, 0.4) is 0 Å². The van der Waals surface area contributed by atoms with Gasteiger partial charge in [0.25, 0.3) is 0 Å². The van der Waals surface area contributed by atoms with E-state index in [0.29, 0.717) is 23.0 Å². The molecule has 5 heteroatoms. The molecule has 3 rings (SSSR count). The van der Waals surface area contributed by atoms with Crippen molar-refractivity contribution in [2.75, 3.05) is 19.3 Å². The van der Waals surface area contributed by atoms with Crippen molar-refractivity contribution in [3.63, 3.8) is 0 Å². The first-order chi connectivity index (χ1) is 11.9. The minimum absolute atomic E-state index is 0.0821. The van der Waals surface area contributed by atoms with Crippen molar-refractivity contribution in [1.82, 2.24) is 4.90 Å². The molecule has 0 aliphatic heterocycles. The van der Waals surface area contributed by atoms with E-state index in [2.05, 4.69) is 30.3 Å². The average molecular weight is 374 g/mol. The molecule has 0 unspecified atom stereocenters. The maximum absolute atomic E-state index is 12.4. The third-order valence-electron chi connectivity index (χ3n) is 4.18. The lowest BCUT2D eigenvalue weighted by Crippen LogP contribution is -2.25. The topological polar surface area (TPSA) is 37.4 Å². The SMILES string of the molecule is CN(CCS(=O)(=O)c1ccc(Cl)cc1)Cc1ccc2ccccc2c1. The fraction of sp³-hybridized carbons (Fsp3) is 0.200. The Labute approximate surface area is 153 Å². The molecular formula is C20H20ClNO2S. The van der Waals surface area contributed by atoms with Gasteiger partial charge in [0.2, 0.25) is 0 Å². The first-order valence-corrected chi connectivity index (χ1v) is 10.1. The fourth-order valence-electron chi connectivity index (χ4n) is 2.76. The lowest BCUT2D eigenvalue weighted by atomic mass is 10.1. The second-order valence-electron chi connectivity index (χ2n) is 6.19. The summed E-state index contributed by atoms with van der Waals surface area (Å²) in [5, 5.41) is 2.94. The van der Waals surface area contributed by atoms with Crippen LogP contribution in [0.25, 0.3) is 10.8 Å².